The van der Waals surface area contributed by atoms with Gasteiger partial charge in [-0.1, -0.05) is 11.3 Å². The molecule has 4 aromatic heterocycles. The molecule has 13 nitrogen and oxygen atoms in total. The average molecular weight is 603 g/mol. The van der Waals surface area contributed by atoms with Crippen LogP contribution in [0.5, 0.6) is 5.75 Å². The van der Waals surface area contributed by atoms with E-state index in [1.54, 1.807) is 28.8 Å². The van der Waals surface area contributed by atoms with Gasteiger partial charge in [0.1, 0.15) is 22.9 Å². The summed E-state index contributed by atoms with van der Waals surface area (Å²) >= 11 is 1.05. The normalized spacial score (nSPS) is 14.8. The summed E-state index contributed by atoms with van der Waals surface area (Å²) in [7, 11) is -3.15. The monoisotopic (exact) mass is 602 g/mol. The van der Waals surface area contributed by atoms with Crippen LogP contribution in [0.3, 0.4) is 0 Å². The van der Waals surface area contributed by atoms with Crippen LogP contribution in [0.1, 0.15) is 0 Å². The van der Waals surface area contributed by atoms with Crippen molar-refractivity contribution in [2.24, 2.45) is 0 Å². The van der Waals surface area contributed by atoms with Gasteiger partial charge in [-0.2, -0.15) is 9.50 Å². The predicted molar refractivity (Wildman–Crippen MR) is 153 cm³/mol. The second-order valence-electron chi connectivity index (χ2n) is 9.71. The number of anilines is 2. The fourth-order valence-corrected chi connectivity index (χ4v) is 6.05. The predicted octanol–water partition coefficient (Wildman–Crippen LogP) is 1.73. The standard InChI is InChI=1S/C25H27FN8O5S2/c1-41(36,37)14-13-38-16-4-5-18(17(26)15-16)32-9-6-31(7-10-32)8-11-33-22-20(40-25(33)35)23-28-21(19-3-2-12-39-19)30-34(23)24(27)29-22/h2-5,12,15H,6-11,13-14H2,1H3,(H2,27,29). The van der Waals surface area contributed by atoms with Crippen molar-refractivity contribution < 1.29 is 22.0 Å². The van der Waals surface area contributed by atoms with E-state index in [4.69, 9.17) is 14.9 Å². The number of fused-ring (bicyclic) bond motifs is 3. The summed E-state index contributed by atoms with van der Waals surface area (Å²) in [5.41, 5.74) is 7.54. The number of furan rings is 1. The van der Waals surface area contributed by atoms with Gasteiger partial charge in [0.2, 0.25) is 11.8 Å². The second kappa shape index (κ2) is 10.8. The van der Waals surface area contributed by atoms with E-state index in [2.05, 4.69) is 20.0 Å². The van der Waals surface area contributed by atoms with Crippen LogP contribution in [0.4, 0.5) is 16.0 Å². The number of piperazine rings is 1. The van der Waals surface area contributed by atoms with Crippen LogP contribution < -0.4 is 20.2 Å². The number of hydrogen-bond acceptors (Lipinski definition) is 12. The highest BCUT2D eigenvalue weighted by molar-refractivity contribution is 7.90. The minimum Gasteiger partial charge on any atom is -0.492 e. The molecule has 0 unspecified atom stereocenters. The number of rotatable bonds is 9. The smallest absolute Gasteiger partial charge is 0.309 e. The molecule has 1 aliphatic heterocycles. The number of thiazole rings is 1. The Balaban J connectivity index is 1.10. The Labute approximate surface area is 237 Å². The molecule has 0 aliphatic carbocycles. The van der Waals surface area contributed by atoms with Gasteiger partial charge in [0.15, 0.2) is 26.9 Å². The summed E-state index contributed by atoms with van der Waals surface area (Å²) < 4.78 is 51.7. The Bertz CT molecular complexity index is 1880. The fraction of sp³-hybridized carbons (Fsp3) is 0.360. The number of aromatic nitrogens is 5. The number of benzene rings is 1. The Morgan fingerprint density at radius 1 is 1.12 bits per heavy atom. The summed E-state index contributed by atoms with van der Waals surface area (Å²) in [5, 5.41) is 4.38. The highest BCUT2D eigenvalue weighted by atomic mass is 32.2. The molecule has 0 bridgehead atoms. The lowest BCUT2D eigenvalue weighted by molar-refractivity contribution is 0.248. The van der Waals surface area contributed by atoms with Gasteiger partial charge in [0, 0.05) is 51.6 Å². The number of nitrogen functional groups attached to an aromatic ring is 1. The SMILES string of the molecule is CS(=O)(=O)CCOc1ccc(N2CCN(CCn3c(=O)sc4c3nc(N)n3nc(-c5ccco5)nc43)CC2)c(F)c1. The number of sulfone groups is 1. The maximum atomic E-state index is 14.8. The van der Waals surface area contributed by atoms with Crippen LogP contribution in [0.2, 0.25) is 0 Å². The maximum Gasteiger partial charge on any atom is 0.309 e. The topological polar surface area (TPSA) is 154 Å². The summed E-state index contributed by atoms with van der Waals surface area (Å²) in [4.78, 5) is 25.9. The van der Waals surface area contributed by atoms with Gasteiger partial charge >= 0.3 is 4.87 Å². The van der Waals surface area contributed by atoms with Crippen molar-refractivity contribution in [1.82, 2.24) is 29.0 Å². The quantitative estimate of drug-likeness (QED) is 0.262. The van der Waals surface area contributed by atoms with Gasteiger partial charge in [-0.25, -0.2) is 17.8 Å². The van der Waals surface area contributed by atoms with E-state index in [0.717, 1.165) is 17.6 Å². The molecular formula is C25H27FN8O5S2. The summed E-state index contributed by atoms with van der Waals surface area (Å²) in [6.07, 6.45) is 2.66. The lowest BCUT2D eigenvalue weighted by Gasteiger charge is -2.36. The van der Waals surface area contributed by atoms with E-state index >= 15 is 0 Å². The summed E-state index contributed by atoms with van der Waals surface area (Å²) in [5.74, 6) is 0.689. The second-order valence-corrected chi connectivity index (χ2v) is 12.9. The van der Waals surface area contributed by atoms with Crippen LogP contribution in [-0.2, 0) is 16.4 Å². The van der Waals surface area contributed by atoms with E-state index in [1.807, 2.05) is 4.90 Å². The molecule has 1 aromatic carbocycles. The van der Waals surface area contributed by atoms with Crippen LogP contribution >= 0.6 is 11.3 Å². The first-order valence-corrected chi connectivity index (χ1v) is 15.7. The third-order valence-electron chi connectivity index (χ3n) is 6.85. The first-order chi connectivity index (χ1) is 19.7. The molecule has 1 saturated heterocycles. The molecule has 1 aliphatic rings. The zero-order valence-electron chi connectivity index (χ0n) is 22.1. The van der Waals surface area contributed by atoms with Crippen LogP contribution in [0.25, 0.3) is 27.6 Å². The highest BCUT2D eigenvalue weighted by Crippen LogP contribution is 2.27. The van der Waals surface area contributed by atoms with Crippen molar-refractivity contribution in [3.63, 3.8) is 0 Å². The average Bonchev–Trinajstić information content (AvgIpc) is 3.67. The Morgan fingerprint density at radius 2 is 1.93 bits per heavy atom. The minimum absolute atomic E-state index is 0.0310. The fourth-order valence-electron chi connectivity index (χ4n) is 4.73. The van der Waals surface area contributed by atoms with Crippen LogP contribution in [-0.4, -0.2) is 88.8 Å². The van der Waals surface area contributed by atoms with Gasteiger partial charge in [0.25, 0.3) is 0 Å². The van der Waals surface area contributed by atoms with Crippen LogP contribution in [0, 0.1) is 5.82 Å². The maximum absolute atomic E-state index is 14.8. The Kier molecular flexibility index (Phi) is 7.13. The zero-order chi connectivity index (χ0) is 28.7. The van der Waals surface area contributed by atoms with Gasteiger partial charge < -0.3 is 19.8 Å². The molecule has 0 spiro atoms. The van der Waals surface area contributed by atoms with E-state index in [9.17, 15) is 17.6 Å². The first kappa shape index (κ1) is 27.2. The number of hydrogen-bond donors (Lipinski definition) is 1. The van der Waals surface area contributed by atoms with E-state index in [0.29, 0.717) is 72.5 Å². The van der Waals surface area contributed by atoms with Gasteiger partial charge in [0.05, 0.1) is 17.7 Å². The molecule has 0 atom stereocenters. The van der Waals surface area contributed by atoms with Crippen molar-refractivity contribution in [2.45, 2.75) is 6.54 Å². The van der Waals surface area contributed by atoms with Crippen LogP contribution in [0.15, 0.2) is 45.8 Å². The Morgan fingerprint density at radius 3 is 2.63 bits per heavy atom. The molecule has 0 amide bonds. The molecule has 0 saturated carbocycles. The number of nitrogens with two attached hydrogens (primary N) is 1. The molecule has 5 heterocycles. The Hall–Kier alpha value is -4.02. The largest absolute Gasteiger partial charge is 0.492 e. The van der Waals surface area contributed by atoms with E-state index in [-0.39, 0.29) is 28.9 Å². The third kappa shape index (κ3) is 5.62. The number of ether oxygens (including phenoxy) is 1. The van der Waals surface area contributed by atoms with Crippen molar-refractivity contribution in [3.05, 3.63) is 52.1 Å². The van der Waals surface area contributed by atoms with Gasteiger partial charge in [-0.05, 0) is 24.3 Å². The summed E-state index contributed by atoms with van der Waals surface area (Å²) in [6, 6.07) is 8.05. The molecule has 0 radical (unpaired) electrons. The molecule has 216 valence electrons. The molecule has 1 fully saturated rings. The molecule has 6 rings (SSSR count). The third-order valence-corrected chi connectivity index (χ3v) is 8.73. The number of nitrogens with zero attached hydrogens (tertiary/aromatic N) is 7. The van der Waals surface area contributed by atoms with Gasteiger partial charge in [-0.15, -0.1) is 5.10 Å². The van der Waals surface area contributed by atoms with Crippen molar-refractivity contribution in [2.75, 3.05) is 62.0 Å². The zero-order valence-corrected chi connectivity index (χ0v) is 23.7. The van der Waals surface area contributed by atoms with E-state index in [1.165, 1.54) is 16.8 Å². The molecule has 41 heavy (non-hydrogen) atoms. The molecular weight excluding hydrogens is 575 g/mol. The number of halogens is 1. The molecule has 5 aromatic rings. The van der Waals surface area contributed by atoms with Crippen molar-refractivity contribution in [3.8, 4) is 17.3 Å². The summed E-state index contributed by atoms with van der Waals surface area (Å²) in [6.45, 7) is 3.55. The highest BCUT2D eigenvalue weighted by Gasteiger charge is 2.22. The first-order valence-electron chi connectivity index (χ1n) is 12.8. The van der Waals surface area contributed by atoms with Crippen molar-refractivity contribution in [1.29, 1.82) is 0 Å². The molecule has 2 N–H and O–H groups in total. The van der Waals surface area contributed by atoms with Crippen molar-refractivity contribution >= 4 is 48.8 Å². The molecule has 16 heteroatoms. The minimum atomic E-state index is -3.15. The van der Waals surface area contributed by atoms with Gasteiger partial charge in [-0.3, -0.25) is 14.3 Å². The lowest BCUT2D eigenvalue weighted by atomic mass is 10.2. The van der Waals surface area contributed by atoms with E-state index < -0.39 is 15.7 Å². The lowest BCUT2D eigenvalue weighted by Crippen LogP contribution is -2.47.